The topological polar surface area (TPSA) is 63.6 Å². The lowest BCUT2D eigenvalue weighted by atomic mass is 9.32. The molecule has 0 aromatic carbocycles. The van der Waals surface area contributed by atoms with Crippen molar-refractivity contribution in [2.24, 2.45) is 50.7 Å². The van der Waals surface area contributed by atoms with Crippen LogP contribution in [0.3, 0.4) is 0 Å². The van der Waals surface area contributed by atoms with Crippen molar-refractivity contribution in [2.75, 3.05) is 0 Å². The fourth-order valence-electron chi connectivity index (χ4n) is 11.3. The van der Waals surface area contributed by atoms with E-state index in [4.69, 9.17) is 4.74 Å². The molecule has 1 N–H and O–H groups in total. The van der Waals surface area contributed by atoms with Crippen molar-refractivity contribution in [3.63, 3.8) is 0 Å². The Kier molecular flexibility index (Phi) is 5.19. The van der Waals surface area contributed by atoms with Gasteiger partial charge in [-0.3, -0.25) is 9.59 Å². The van der Waals surface area contributed by atoms with E-state index in [9.17, 15) is 14.7 Å². The molecule has 0 saturated heterocycles. The van der Waals surface area contributed by atoms with Crippen LogP contribution in [0.2, 0.25) is 0 Å². The van der Waals surface area contributed by atoms with Gasteiger partial charge < -0.3 is 9.84 Å². The molecule has 8 unspecified atom stereocenters. The summed E-state index contributed by atoms with van der Waals surface area (Å²) < 4.78 is 5.85. The lowest BCUT2D eigenvalue weighted by Gasteiger charge is -2.72. The van der Waals surface area contributed by atoms with E-state index in [1.54, 1.807) is 6.92 Å². The summed E-state index contributed by atoms with van der Waals surface area (Å²) in [7, 11) is 0. The van der Waals surface area contributed by atoms with Crippen molar-refractivity contribution >= 4 is 11.9 Å². The summed E-state index contributed by atoms with van der Waals surface area (Å²) in [5.74, 6) is 1.49. The number of carboxylic acids is 1. The molecule has 9 atom stereocenters. The van der Waals surface area contributed by atoms with E-state index in [-0.39, 0.29) is 33.7 Å². The van der Waals surface area contributed by atoms with Gasteiger partial charge in [-0.05, 0) is 104 Å². The summed E-state index contributed by atoms with van der Waals surface area (Å²) in [4.78, 5) is 24.3. The van der Waals surface area contributed by atoms with Crippen molar-refractivity contribution in [3.05, 3.63) is 0 Å². The van der Waals surface area contributed by atoms with Gasteiger partial charge in [0.15, 0.2) is 0 Å². The van der Waals surface area contributed by atoms with Crippen LogP contribution in [0.4, 0.5) is 0 Å². The molecule has 0 amide bonds. The van der Waals surface area contributed by atoms with Crippen LogP contribution in [0.1, 0.15) is 112 Å². The van der Waals surface area contributed by atoms with Crippen LogP contribution in [-0.4, -0.2) is 23.1 Å². The number of hydrogen-bond acceptors (Lipinski definition) is 3. The molecule has 5 saturated carbocycles. The molecule has 5 fully saturated rings. The van der Waals surface area contributed by atoms with Gasteiger partial charge in [-0.15, -0.1) is 0 Å². The standard InChI is InChI=1S/C29H46O4/c1-18(30)33-23-12-14-26(4)21(25(23,2)3)11-15-28(6)22(26)10-9-19-20-8-7-13-29(20,24(31)32)17-16-27(19,28)5/h19-23H,7-17H2,1-6H3,(H,31,32)/t19?,20?,21?,22?,23?,26?,27-,28?,29?/m1/s1. The molecule has 0 spiro atoms. The number of esters is 1. The molecule has 5 rings (SSSR count). The molecule has 0 aromatic rings. The number of rotatable bonds is 2. The third-order valence-electron chi connectivity index (χ3n) is 13.0. The van der Waals surface area contributed by atoms with Crippen molar-refractivity contribution < 1.29 is 19.4 Å². The van der Waals surface area contributed by atoms with Crippen LogP contribution >= 0.6 is 0 Å². The molecule has 4 heteroatoms. The Morgan fingerprint density at radius 2 is 1.48 bits per heavy atom. The number of hydrogen-bond donors (Lipinski definition) is 1. The lowest BCUT2D eigenvalue weighted by molar-refractivity contribution is -0.248. The first-order valence-electron chi connectivity index (χ1n) is 13.7. The van der Waals surface area contributed by atoms with Gasteiger partial charge in [0.1, 0.15) is 6.10 Å². The molecular weight excluding hydrogens is 412 g/mol. The third kappa shape index (κ3) is 2.87. The highest BCUT2D eigenvalue weighted by atomic mass is 16.5. The second kappa shape index (κ2) is 7.23. The molecule has 4 nitrogen and oxygen atoms in total. The Hall–Kier alpha value is -1.06. The Labute approximate surface area is 200 Å². The molecule has 0 radical (unpaired) electrons. The molecular formula is C29H46O4. The Bertz CT molecular complexity index is 849. The van der Waals surface area contributed by atoms with E-state index in [0.29, 0.717) is 23.7 Å². The first-order valence-corrected chi connectivity index (χ1v) is 13.7. The SMILES string of the molecule is CC(=O)OC1CCC2(C)C(CCC3(C)C2CCC2C4CCCC4(C(=O)O)CC[C@]23C)C1(C)C. The Morgan fingerprint density at radius 3 is 2.15 bits per heavy atom. The van der Waals surface area contributed by atoms with Crippen LogP contribution in [0, 0.1) is 50.7 Å². The second-order valence-corrected chi connectivity index (χ2v) is 14.1. The minimum atomic E-state index is -0.513. The molecule has 5 aliphatic rings. The van der Waals surface area contributed by atoms with Gasteiger partial charge in [-0.2, -0.15) is 0 Å². The van der Waals surface area contributed by atoms with Crippen LogP contribution in [-0.2, 0) is 14.3 Å². The number of carbonyl (C=O) groups is 2. The van der Waals surface area contributed by atoms with Crippen LogP contribution in [0.25, 0.3) is 0 Å². The van der Waals surface area contributed by atoms with Gasteiger partial charge >= 0.3 is 11.9 Å². The number of ether oxygens (including phenoxy) is 1. The zero-order valence-electron chi connectivity index (χ0n) is 21.8. The average molecular weight is 459 g/mol. The molecule has 0 aromatic heterocycles. The number of aliphatic carboxylic acids is 1. The van der Waals surface area contributed by atoms with Gasteiger partial charge in [-0.25, -0.2) is 0 Å². The summed E-state index contributed by atoms with van der Waals surface area (Å²) in [6.07, 6.45) is 12.1. The second-order valence-electron chi connectivity index (χ2n) is 14.1. The summed E-state index contributed by atoms with van der Waals surface area (Å²) in [5.41, 5.74) is 0.304. The predicted octanol–water partition coefficient (Wildman–Crippen LogP) is 6.86. The molecule has 0 heterocycles. The van der Waals surface area contributed by atoms with Gasteiger partial charge in [0, 0.05) is 12.3 Å². The summed E-state index contributed by atoms with van der Waals surface area (Å²) in [6.45, 7) is 14.0. The summed E-state index contributed by atoms with van der Waals surface area (Å²) in [6, 6.07) is 0. The predicted molar refractivity (Wildman–Crippen MR) is 128 cm³/mol. The quantitative estimate of drug-likeness (QED) is 0.459. The molecule has 186 valence electrons. The molecule has 33 heavy (non-hydrogen) atoms. The van der Waals surface area contributed by atoms with E-state index in [1.807, 2.05) is 0 Å². The molecule has 5 aliphatic carbocycles. The van der Waals surface area contributed by atoms with Gasteiger partial charge in [-0.1, -0.05) is 41.0 Å². The highest BCUT2D eigenvalue weighted by Crippen LogP contribution is 2.76. The number of fused-ring (bicyclic) bond motifs is 7. The maximum Gasteiger partial charge on any atom is 0.309 e. The zero-order valence-corrected chi connectivity index (χ0v) is 21.8. The Morgan fingerprint density at radius 1 is 0.758 bits per heavy atom. The maximum atomic E-state index is 12.5. The first-order chi connectivity index (χ1) is 15.3. The maximum absolute atomic E-state index is 12.5. The smallest absolute Gasteiger partial charge is 0.309 e. The fourth-order valence-corrected chi connectivity index (χ4v) is 11.3. The summed E-state index contributed by atoms with van der Waals surface area (Å²) in [5, 5.41) is 10.3. The minimum absolute atomic E-state index is 0.00572. The highest BCUT2D eigenvalue weighted by Gasteiger charge is 2.71. The van der Waals surface area contributed by atoms with E-state index < -0.39 is 11.4 Å². The average Bonchev–Trinajstić information content (AvgIpc) is 3.16. The number of carboxylic acid groups (broad SMARTS) is 1. The normalized spacial score (nSPS) is 52.6. The monoisotopic (exact) mass is 458 g/mol. The van der Waals surface area contributed by atoms with Gasteiger partial charge in [0.25, 0.3) is 0 Å². The Balaban J connectivity index is 1.49. The van der Waals surface area contributed by atoms with E-state index in [2.05, 4.69) is 34.6 Å². The third-order valence-corrected chi connectivity index (χ3v) is 13.0. The lowest BCUT2D eigenvalue weighted by Crippen LogP contribution is -2.66. The van der Waals surface area contributed by atoms with Gasteiger partial charge in [0.05, 0.1) is 5.41 Å². The van der Waals surface area contributed by atoms with Crippen molar-refractivity contribution in [1.29, 1.82) is 0 Å². The van der Waals surface area contributed by atoms with Gasteiger partial charge in [0.2, 0.25) is 0 Å². The van der Waals surface area contributed by atoms with E-state index in [1.165, 1.54) is 25.7 Å². The highest BCUT2D eigenvalue weighted by molar-refractivity contribution is 5.76. The van der Waals surface area contributed by atoms with Crippen LogP contribution < -0.4 is 0 Å². The van der Waals surface area contributed by atoms with Crippen molar-refractivity contribution in [3.8, 4) is 0 Å². The minimum Gasteiger partial charge on any atom is -0.481 e. The van der Waals surface area contributed by atoms with E-state index >= 15 is 0 Å². The number of carbonyl (C=O) groups excluding carboxylic acids is 1. The summed E-state index contributed by atoms with van der Waals surface area (Å²) >= 11 is 0. The van der Waals surface area contributed by atoms with Crippen LogP contribution in [0.15, 0.2) is 0 Å². The molecule has 0 bridgehead atoms. The van der Waals surface area contributed by atoms with E-state index in [0.717, 1.165) is 44.9 Å². The zero-order chi connectivity index (χ0) is 24.0. The largest absolute Gasteiger partial charge is 0.481 e. The van der Waals surface area contributed by atoms with Crippen molar-refractivity contribution in [2.45, 2.75) is 118 Å². The van der Waals surface area contributed by atoms with Crippen LogP contribution in [0.5, 0.6) is 0 Å². The van der Waals surface area contributed by atoms with Crippen molar-refractivity contribution in [1.82, 2.24) is 0 Å². The molecule has 0 aliphatic heterocycles. The fraction of sp³-hybridized carbons (Fsp3) is 0.931. The first kappa shape index (κ1) is 23.7.